The Hall–Kier alpha value is -11.1. The SMILES string of the molecule is C=CCOC(=O)N[C@H](C(=O)N[C@@H](C)C(=O)Nc1ccc(COC(=O)Nc2cc(OCCCC(=O)O)c(C)cc2C(=O)N2CCCC[C@H]2CO)cc1)C(C)C.C=CCOC(=O)N[C@H](C(=O)N[C@@H](C)C(=O)Nc1ccc(COC(=O)Nc2cc(OCCCC(C)=O)c(C)cc2C(=O)N2CCCC[C@H]2CO)cc1)C(C)C. The minimum absolute atomic E-state index is 0.0142. The normalized spacial score (nSPS) is 14.9. The summed E-state index contributed by atoms with van der Waals surface area (Å²) in [6, 6.07) is 14.8. The van der Waals surface area contributed by atoms with Crippen LogP contribution in [0.2, 0.25) is 0 Å². The number of carboxylic acid groups (broad SMARTS) is 1. The molecule has 4 aromatic carbocycles. The van der Waals surface area contributed by atoms with Crippen molar-refractivity contribution in [2.45, 2.75) is 176 Å². The number of amides is 10. The third kappa shape index (κ3) is 28.7. The molecule has 31 heteroatoms. The summed E-state index contributed by atoms with van der Waals surface area (Å²) in [5.74, 6) is -3.49. The van der Waals surface area contributed by atoms with E-state index in [0.717, 1.165) is 25.7 Å². The van der Waals surface area contributed by atoms with Crippen LogP contribution in [0.5, 0.6) is 11.5 Å². The van der Waals surface area contributed by atoms with Crippen molar-refractivity contribution in [2.24, 2.45) is 11.8 Å². The lowest BCUT2D eigenvalue weighted by atomic mass is 10.00. The number of anilines is 4. The van der Waals surface area contributed by atoms with E-state index >= 15 is 0 Å². The van der Waals surface area contributed by atoms with E-state index in [0.29, 0.717) is 83.9 Å². The third-order valence-corrected chi connectivity index (χ3v) is 17.3. The first-order chi connectivity index (χ1) is 51.5. The molecule has 2 saturated heterocycles. The summed E-state index contributed by atoms with van der Waals surface area (Å²) in [5.41, 5.74) is 4.04. The smallest absolute Gasteiger partial charge is 0.411 e. The molecule has 588 valence electrons. The van der Waals surface area contributed by atoms with E-state index in [1.54, 1.807) is 118 Å². The zero-order valence-corrected chi connectivity index (χ0v) is 62.8. The fraction of sp³-hybridized carbons (Fsp3) is 0.481. The molecular weight excluding hydrogens is 1400 g/mol. The lowest BCUT2D eigenvalue weighted by molar-refractivity contribution is -0.137. The standard InChI is InChI=1S/C39H53N5O10.C38H51N5O11/c1-7-18-53-39(51)43-34(24(2)3)36(48)40-27(6)35(47)41-29-15-13-28(14-16-29)23-54-38(50)42-32-21-33(52-19-10-11-26(5)46)25(4)20-31(32)37(49)44-17-9-8-12-30(44)22-45;1-6-17-53-38(51)42-33(23(2)3)35(48)39-25(5)34(47)40-27-14-12-26(13-15-27)22-54-37(50)41-30-20-31(52-18-9-11-32(45)46)24(4)19-29(30)36(49)43-16-8-7-10-28(43)21-44/h7,13-16,20-21,24,27,30,34,45H,1,8-12,17-19,22-23H2,2-6H3,(H,40,48)(H,41,47)(H,42,50)(H,43,51);6,12-15,19-20,23,25,28,33,44H,1,7-11,16-18,21-22H2,2-5H3,(H,39,48)(H,40,47)(H,41,50)(H,42,51)(H,45,46)/t27-,30-,34-;25-,28-,33-/m00/s1. The van der Waals surface area contributed by atoms with Gasteiger partial charge in [-0.3, -0.25) is 44.2 Å². The molecule has 2 fully saturated rings. The number of carboxylic acids is 1. The second-order valence-corrected chi connectivity index (χ2v) is 26.7. The third-order valence-electron chi connectivity index (χ3n) is 17.3. The molecule has 0 unspecified atom stereocenters. The highest BCUT2D eigenvalue weighted by Crippen LogP contribution is 2.33. The van der Waals surface area contributed by atoms with Crippen LogP contribution in [0, 0.1) is 25.7 Å². The molecule has 31 nitrogen and oxygen atoms in total. The van der Waals surface area contributed by atoms with Gasteiger partial charge in [-0.05, 0) is 156 Å². The Bertz CT molecular complexity index is 3530. The predicted molar refractivity (Wildman–Crippen MR) is 401 cm³/mol. The number of nitrogens with zero attached hydrogens (tertiary/aromatic N) is 2. The topological polar surface area (TPSA) is 424 Å². The van der Waals surface area contributed by atoms with E-state index in [1.165, 1.54) is 39.0 Å². The Kier molecular flexibility index (Phi) is 36.3. The van der Waals surface area contributed by atoms with Crippen LogP contribution >= 0.6 is 0 Å². The number of ether oxygens (including phenoxy) is 6. The number of aliphatic hydroxyl groups is 2. The molecule has 0 aliphatic carbocycles. The second-order valence-electron chi connectivity index (χ2n) is 26.7. The molecule has 108 heavy (non-hydrogen) atoms. The van der Waals surface area contributed by atoms with Gasteiger partial charge in [0.2, 0.25) is 23.6 Å². The summed E-state index contributed by atoms with van der Waals surface area (Å²) in [7, 11) is 0. The van der Waals surface area contributed by atoms with E-state index in [9.17, 15) is 67.7 Å². The maximum absolute atomic E-state index is 13.8. The van der Waals surface area contributed by atoms with Gasteiger partial charge in [0.05, 0.1) is 61.0 Å². The number of aliphatic hydroxyl groups excluding tert-OH is 2. The summed E-state index contributed by atoms with van der Waals surface area (Å²) >= 11 is 0. The first kappa shape index (κ1) is 87.6. The van der Waals surface area contributed by atoms with Crippen molar-refractivity contribution in [1.29, 1.82) is 0 Å². The van der Waals surface area contributed by atoms with Gasteiger partial charge in [0.15, 0.2) is 0 Å². The number of hydrogen-bond donors (Lipinski definition) is 11. The lowest BCUT2D eigenvalue weighted by Crippen LogP contribution is -2.53. The summed E-state index contributed by atoms with van der Waals surface area (Å²) in [6.45, 7) is 22.6. The summed E-state index contributed by atoms with van der Waals surface area (Å²) < 4.78 is 32.4. The molecule has 0 aromatic heterocycles. The van der Waals surface area contributed by atoms with Crippen LogP contribution in [0.1, 0.15) is 156 Å². The van der Waals surface area contributed by atoms with Crippen LogP contribution < -0.4 is 52.0 Å². The number of aliphatic carboxylic acids is 1. The zero-order chi connectivity index (χ0) is 79.6. The van der Waals surface area contributed by atoms with E-state index < -0.39 is 78.1 Å². The van der Waals surface area contributed by atoms with Crippen molar-refractivity contribution in [3.05, 3.63) is 131 Å². The highest BCUT2D eigenvalue weighted by Gasteiger charge is 2.34. The van der Waals surface area contributed by atoms with Gasteiger partial charge in [0, 0.05) is 49.4 Å². The van der Waals surface area contributed by atoms with E-state index in [1.807, 2.05) is 0 Å². The minimum Gasteiger partial charge on any atom is -0.493 e. The van der Waals surface area contributed by atoms with Crippen LogP contribution in [0.4, 0.5) is 41.9 Å². The Morgan fingerprint density at radius 2 is 0.880 bits per heavy atom. The molecule has 6 atom stereocenters. The molecule has 0 saturated carbocycles. The fourth-order valence-corrected chi connectivity index (χ4v) is 11.3. The van der Waals surface area contributed by atoms with Gasteiger partial charge in [-0.1, -0.05) is 77.3 Å². The quantitative estimate of drug-likeness (QED) is 0.0115. The Labute approximate surface area is 628 Å². The number of ketones is 1. The first-order valence-corrected chi connectivity index (χ1v) is 35.9. The number of rotatable bonds is 36. The van der Waals surface area contributed by atoms with E-state index in [2.05, 4.69) is 55.7 Å². The van der Waals surface area contributed by atoms with Crippen molar-refractivity contribution in [3.8, 4) is 11.5 Å². The number of likely N-dealkylation sites (tertiary alicyclic amines) is 2. The van der Waals surface area contributed by atoms with Crippen molar-refractivity contribution in [1.82, 2.24) is 31.1 Å². The van der Waals surface area contributed by atoms with Gasteiger partial charge in [0.25, 0.3) is 11.8 Å². The van der Waals surface area contributed by atoms with Crippen LogP contribution in [0.25, 0.3) is 0 Å². The van der Waals surface area contributed by atoms with Gasteiger partial charge >= 0.3 is 30.3 Å². The fourth-order valence-electron chi connectivity index (χ4n) is 11.3. The summed E-state index contributed by atoms with van der Waals surface area (Å²) in [6.07, 6.45) is 5.31. The lowest BCUT2D eigenvalue weighted by Gasteiger charge is -2.35. The molecule has 10 amide bonds. The highest BCUT2D eigenvalue weighted by atomic mass is 16.6. The summed E-state index contributed by atoms with van der Waals surface area (Å²) in [5, 5.41) is 49.7. The molecule has 0 radical (unpaired) electrons. The van der Waals surface area contributed by atoms with E-state index in [4.69, 9.17) is 33.5 Å². The molecule has 2 aliphatic rings. The minimum atomic E-state index is -0.952. The molecule has 11 N–H and O–H groups in total. The number of carbonyl (C=O) groups is 12. The van der Waals surface area contributed by atoms with Crippen molar-refractivity contribution in [2.75, 3.05) is 74.0 Å². The number of alkyl carbamates (subject to hydrolysis) is 2. The van der Waals surface area contributed by atoms with Gasteiger partial charge in [-0.25, -0.2) is 19.2 Å². The average molecular weight is 1510 g/mol. The van der Waals surface area contributed by atoms with Gasteiger partial charge < -0.3 is 90.2 Å². The molecule has 2 heterocycles. The molecule has 4 aromatic rings. The predicted octanol–water partition coefficient (Wildman–Crippen LogP) is 9.21. The number of nitrogens with one attached hydrogen (secondary N) is 8. The number of Topliss-reactive ketones (excluding diaryl/α,β-unsaturated/α-hetero) is 1. The maximum Gasteiger partial charge on any atom is 0.411 e. The van der Waals surface area contributed by atoms with Crippen LogP contribution in [0.3, 0.4) is 0 Å². The van der Waals surface area contributed by atoms with Gasteiger partial charge in [0.1, 0.15) is 67.9 Å². The van der Waals surface area contributed by atoms with Gasteiger partial charge in [-0.2, -0.15) is 0 Å². The highest BCUT2D eigenvalue weighted by molar-refractivity contribution is 6.05. The summed E-state index contributed by atoms with van der Waals surface area (Å²) in [4.78, 5) is 154. The van der Waals surface area contributed by atoms with Crippen LogP contribution in [0.15, 0.2) is 98.1 Å². The number of piperidine rings is 2. The van der Waals surface area contributed by atoms with Crippen LogP contribution in [-0.2, 0) is 60.9 Å². The maximum atomic E-state index is 13.8. The number of hydrogen-bond acceptors (Lipinski definition) is 20. The second kappa shape index (κ2) is 44.8. The van der Waals surface area contributed by atoms with Crippen molar-refractivity contribution < 1.29 is 101 Å². The van der Waals surface area contributed by atoms with E-state index in [-0.39, 0.29) is 130 Å². The Morgan fingerprint density at radius 1 is 0.500 bits per heavy atom. The molecular formula is C77H104N10O21. The number of benzene rings is 4. The average Bonchev–Trinajstić information content (AvgIpc) is 0.802. The monoisotopic (exact) mass is 1500 g/mol. The Balaban J connectivity index is 0.000000387. The Morgan fingerprint density at radius 3 is 1.22 bits per heavy atom. The first-order valence-electron chi connectivity index (χ1n) is 35.9. The number of aryl methyl sites for hydroxylation is 2. The largest absolute Gasteiger partial charge is 0.493 e. The van der Waals surface area contributed by atoms with Gasteiger partial charge in [-0.15, -0.1) is 0 Å². The molecule has 0 bridgehead atoms. The van der Waals surface area contributed by atoms with Crippen molar-refractivity contribution in [3.63, 3.8) is 0 Å². The number of carbonyl (C=O) groups excluding carboxylic acids is 11. The molecule has 6 rings (SSSR count). The molecule has 0 spiro atoms. The van der Waals surface area contributed by atoms with Crippen LogP contribution in [-0.4, -0.2) is 186 Å². The van der Waals surface area contributed by atoms with Crippen molar-refractivity contribution >= 4 is 94.3 Å². The molecule has 2 aliphatic heterocycles. The zero-order valence-electron chi connectivity index (χ0n) is 62.8.